The number of benzene rings is 1. The number of carbonyl (C=O) groups is 1. The molecule has 1 N–H and O–H groups in total. The van der Waals surface area contributed by atoms with Crippen molar-refractivity contribution in [1.82, 2.24) is 9.88 Å². The van der Waals surface area contributed by atoms with Crippen LogP contribution in [0.1, 0.15) is 23.1 Å². The van der Waals surface area contributed by atoms with Crippen molar-refractivity contribution in [1.29, 1.82) is 0 Å². The summed E-state index contributed by atoms with van der Waals surface area (Å²) in [5, 5.41) is 3.60. The van der Waals surface area contributed by atoms with Crippen molar-refractivity contribution in [3.05, 3.63) is 45.2 Å². The first-order chi connectivity index (χ1) is 11.1. The smallest absolute Gasteiger partial charge is 0.230 e. The Balaban J connectivity index is 1.68. The van der Waals surface area contributed by atoms with Crippen LogP contribution in [0.3, 0.4) is 0 Å². The van der Waals surface area contributed by atoms with Crippen LogP contribution in [0.5, 0.6) is 0 Å². The maximum Gasteiger partial charge on any atom is 0.230 e. The lowest BCUT2D eigenvalue weighted by molar-refractivity contribution is -0.115. The number of hydrogen-bond donors (Lipinski definition) is 1. The van der Waals surface area contributed by atoms with Crippen LogP contribution in [0.15, 0.2) is 18.2 Å². The third kappa shape index (κ3) is 3.71. The van der Waals surface area contributed by atoms with Gasteiger partial charge in [0.1, 0.15) is 5.82 Å². The van der Waals surface area contributed by atoms with E-state index in [1.165, 1.54) is 28.3 Å². The quantitative estimate of drug-likeness (QED) is 0.915. The molecule has 3 rings (SSSR count). The van der Waals surface area contributed by atoms with Gasteiger partial charge in [-0.1, -0.05) is 24.6 Å². The summed E-state index contributed by atoms with van der Waals surface area (Å²) < 4.78 is 13.7. The minimum absolute atomic E-state index is 0.100. The molecular formula is C16H17ClFN3OS. The van der Waals surface area contributed by atoms with Crippen molar-refractivity contribution in [3.63, 3.8) is 0 Å². The Bertz CT molecular complexity index is 714. The second-order valence-electron chi connectivity index (χ2n) is 5.43. The summed E-state index contributed by atoms with van der Waals surface area (Å²) >= 11 is 7.44. The molecule has 0 atom stereocenters. The SMILES string of the molecule is CCN1CCc2nc(NC(=O)Cc3c(F)cccc3Cl)sc2C1. The highest BCUT2D eigenvalue weighted by Gasteiger charge is 2.21. The Morgan fingerprint density at radius 1 is 1.52 bits per heavy atom. The molecule has 1 aromatic carbocycles. The monoisotopic (exact) mass is 353 g/mol. The predicted molar refractivity (Wildman–Crippen MR) is 90.5 cm³/mol. The Labute approximate surface area is 143 Å². The molecule has 0 saturated heterocycles. The van der Waals surface area contributed by atoms with Crippen LogP contribution >= 0.6 is 22.9 Å². The summed E-state index contributed by atoms with van der Waals surface area (Å²) in [5.41, 5.74) is 1.27. The summed E-state index contributed by atoms with van der Waals surface area (Å²) in [7, 11) is 0. The van der Waals surface area contributed by atoms with Gasteiger partial charge in [0, 0.05) is 35.0 Å². The summed E-state index contributed by atoms with van der Waals surface area (Å²) in [6.45, 7) is 5.00. The molecule has 0 unspecified atom stereocenters. The van der Waals surface area contributed by atoms with E-state index >= 15 is 0 Å². The molecule has 2 heterocycles. The summed E-state index contributed by atoms with van der Waals surface area (Å²) in [6.07, 6.45) is 0.797. The van der Waals surface area contributed by atoms with Gasteiger partial charge in [0.05, 0.1) is 12.1 Å². The highest BCUT2D eigenvalue weighted by Crippen LogP contribution is 2.28. The van der Waals surface area contributed by atoms with E-state index in [-0.39, 0.29) is 22.9 Å². The molecule has 4 nitrogen and oxygen atoms in total. The largest absolute Gasteiger partial charge is 0.302 e. The van der Waals surface area contributed by atoms with Gasteiger partial charge >= 0.3 is 0 Å². The first-order valence-corrected chi connectivity index (χ1v) is 8.70. The topological polar surface area (TPSA) is 45.2 Å². The van der Waals surface area contributed by atoms with Gasteiger partial charge in [-0.2, -0.15) is 0 Å². The molecule has 1 amide bonds. The van der Waals surface area contributed by atoms with Crippen molar-refractivity contribution < 1.29 is 9.18 Å². The van der Waals surface area contributed by atoms with E-state index < -0.39 is 5.82 Å². The maximum atomic E-state index is 13.7. The molecule has 7 heteroatoms. The normalized spacial score (nSPS) is 14.6. The standard InChI is InChI=1S/C16H17ClFN3OS/c1-2-21-7-6-13-14(9-21)23-16(19-13)20-15(22)8-10-11(17)4-3-5-12(10)18/h3-5H,2,6-9H2,1H3,(H,19,20,22). The van der Waals surface area contributed by atoms with Gasteiger partial charge in [-0.15, -0.1) is 11.3 Å². The zero-order chi connectivity index (χ0) is 16.4. The molecule has 1 aromatic heterocycles. The van der Waals surface area contributed by atoms with Gasteiger partial charge in [-0.3, -0.25) is 9.69 Å². The summed E-state index contributed by atoms with van der Waals surface area (Å²) in [4.78, 5) is 20.1. The number of anilines is 1. The predicted octanol–water partition coefficient (Wildman–Crippen LogP) is 3.49. The van der Waals surface area contributed by atoms with Gasteiger partial charge in [0.2, 0.25) is 5.91 Å². The van der Waals surface area contributed by atoms with E-state index in [1.807, 2.05) is 0 Å². The zero-order valence-electron chi connectivity index (χ0n) is 12.7. The molecular weight excluding hydrogens is 337 g/mol. The van der Waals surface area contributed by atoms with Crippen LogP contribution in [0.4, 0.5) is 9.52 Å². The van der Waals surface area contributed by atoms with Gasteiger partial charge in [-0.25, -0.2) is 9.37 Å². The Kier molecular flexibility index (Phi) is 4.94. The average molecular weight is 354 g/mol. The van der Waals surface area contributed by atoms with Gasteiger partial charge in [-0.05, 0) is 18.7 Å². The van der Waals surface area contributed by atoms with E-state index in [9.17, 15) is 9.18 Å². The molecule has 0 aliphatic carbocycles. The molecule has 0 fully saturated rings. The van der Waals surface area contributed by atoms with Crippen molar-refractivity contribution in [2.75, 3.05) is 18.4 Å². The highest BCUT2D eigenvalue weighted by atomic mass is 35.5. The molecule has 0 bridgehead atoms. The number of amides is 1. The Hall–Kier alpha value is -1.50. The third-order valence-electron chi connectivity index (χ3n) is 3.90. The minimum atomic E-state index is -0.468. The number of fused-ring (bicyclic) bond motifs is 1. The van der Waals surface area contributed by atoms with Gasteiger partial charge in [0.25, 0.3) is 0 Å². The van der Waals surface area contributed by atoms with Crippen molar-refractivity contribution >= 4 is 34.0 Å². The second kappa shape index (κ2) is 6.95. The lowest BCUT2D eigenvalue weighted by Gasteiger charge is -2.23. The number of nitrogens with zero attached hydrogens (tertiary/aromatic N) is 2. The summed E-state index contributed by atoms with van der Waals surface area (Å²) in [6, 6.07) is 4.40. The fourth-order valence-corrected chi connectivity index (χ4v) is 3.89. The number of carbonyl (C=O) groups excluding carboxylic acids is 1. The number of thiazole rings is 1. The number of hydrogen-bond acceptors (Lipinski definition) is 4. The molecule has 1 aliphatic rings. The highest BCUT2D eigenvalue weighted by molar-refractivity contribution is 7.15. The van der Waals surface area contributed by atoms with Crippen molar-refractivity contribution in [3.8, 4) is 0 Å². The van der Waals surface area contributed by atoms with E-state index in [2.05, 4.69) is 22.1 Å². The molecule has 122 valence electrons. The fraction of sp³-hybridized carbons (Fsp3) is 0.375. The lowest BCUT2D eigenvalue weighted by Crippen LogP contribution is -2.29. The molecule has 2 aromatic rings. The zero-order valence-corrected chi connectivity index (χ0v) is 14.3. The summed E-state index contributed by atoms with van der Waals surface area (Å²) in [5.74, 6) is -0.778. The second-order valence-corrected chi connectivity index (χ2v) is 6.92. The number of aromatic nitrogens is 1. The number of halogens is 2. The number of likely N-dealkylation sites (N-methyl/N-ethyl adjacent to an activating group) is 1. The molecule has 1 aliphatic heterocycles. The van der Waals surface area contributed by atoms with E-state index in [0.29, 0.717) is 5.13 Å². The number of rotatable bonds is 4. The van der Waals surface area contributed by atoms with Gasteiger partial charge in [0.15, 0.2) is 5.13 Å². The number of nitrogens with one attached hydrogen (secondary N) is 1. The molecule has 0 radical (unpaired) electrons. The fourth-order valence-electron chi connectivity index (χ4n) is 2.60. The van der Waals surface area contributed by atoms with Crippen LogP contribution in [-0.2, 0) is 24.2 Å². The van der Waals surface area contributed by atoms with Crippen molar-refractivity contribution in [2.45, 2.75) is 26.3 Å². The Morgan fingerprint density at radius 2 is 2.35 bits per heavy atom. The van der Waals surface area contributed by atoms with E-state index in [0.717, 1.165) is 31.7 Å². The Morgan fingerprint density at radius 3 is 3.09 bits per heavy atom. The molecule has 0 saturated carbocycles. The van der Waals surface area contributed by atoms with E-state index in [1.54, 1.807) is 6.07 Å². The van der Waals surface area contributed by atoms with Crippen LogP contribution in [0.25, 0.3) is 0 Å². The first-order valence-electron chi connectivity index (χ1n) is 7.50. The molecule has 0 spiro atoms. The maximum absolute atomic E-state index is 13.7. The third-order valence-corrected chi connectivity index (χ3v) is 5.25. The first kappa shape index (κ1) is 16.4. The van der Waals surface area contributed by atoms with Crippen LogP contribution in [0.2, 0.25) is 5.02 Å². The van der Waals surface area contributed by atoms with Crippen LogP contribution < -0.4 is 5.32 Å². The minimum Gasteiger partial charge on any atom is -0.302 e. The molecule has 23 heavy (non-hydrogen) atoms. The lowest BCUT2D eigenvalue weighted by atomic mass is 10.1. The van der Waals surface area contributed by atoms with Crippen LogP contribution in [0, 0.1) is 5.82 Å². The van der Waals surface area contributed by atoms with Crippen LogP contribution in [-0.4, -0.2) is 28.9 Å². The average Bonchev–Trinajstić information content (AvgIpc) is 2.92. The van der Waals surface area contributed by atoms with Crippen molar-refractivity contribution in [2.24, 2.45) is 0 Å². The van der Waals surface area contributed by atoms with Gasteiger partial charge < -0.3 is 5.32 Å². The van der Waals surface area contributed by atoms with E-state index in [4.69, 9.17) is 11.6 Å².